The van der Waals surface area contributed by atoms with E-state index < -0.39 is 0 Å². The molecule has 0 aliphatic carbocycles. The number of ether oxygens (including phenoxy) is 1. The van der Waals surface area contributed by atoms with E-state index in [1.54, 1.807) is 18.0 Å². The first-order valence-electron chi connectivity index (χ1n) is 4.81. The molecule has 0 aliphatic heterocycles. The van der Waals surface area contributed by atoms with Crippen molar-refractivity contribution in [3.05, 3.63) is 30.5 Å². The van der Waals surface area contributed by atoms with Crippen LogP contribution in [-0.2, 0) is 6.54 Å². The Morgan fingerprint density at radius 1 is 1.50 bits per heavy atom. The first-order chi connectivity index (χ1) is 7.85. The third-order valence-corrected chi connectivity index (χ3v) is 2.22. The van der Waals surface area contributed by atoms with Crippen molar-refractivity contribution in [2.24, 2.45) is 0 Å². The minimum Gasteiger partial charge on any atom is -0.497 e. The number of hydrogen-bond donors (Lipinski definition) is 0. The van der Waals surface area contributed by atoms with Crippen LogP contribution in [0.4, 0.5) is 0 Å². The van der Waals surface area contributed by atoms with Crippen molar-refractivity contribution in [1.29, 1.82) is 0 Å². The molecule has 0 spiro atoms. The van der Waals surface area contributed by atoms with Crippen molar-refractivity contribution in [3.63, 3.8) is 0 Å². The van der Waals surface area contributed by atoms with Gasteiger partial charge >= 0.3 is 0 Å². The molecule has 0 radical (unpaired) electrons. The molecule has 1 heterocycles. The van der Waals surface area contributed by atoms with Crippen LogP contribution in [0.25, 0.3) is 11.3 Å². The molecule has 0 saturated heterocycles. The number of nitrogens with zero attached hydrogens (tertiary/aromatic N) is 3. The fourth-order valence-electron chi connectivity index (χ4n) is 1.47. The van der Waals surface area contributed by atoms with Gasteiger partial charge in [-0.05, 0) is 12.1 Å². The van der Waals surface area contributed by atoms with Crippen LogP contribution in [-0.4, -0.2) is 22.1 Å². The van der Waals surface area contributed by atoms with Crippen LogP contribution in [0.1, 0.15) is 0 Å². The fourth-order valence-corrected chi connectivity index (χ4v) is 1.47. The van der Waals surface area contributed by atoms with Gasteiger partial charge in [0.1, 0.15) is 12.3 Å². The zero-order valence-electron chi connectivity index (χ0n) is 8.92. The van der Waals surface area contributed by atoms with Crippen molar-refractivity contribution in [1.82, 2.24) is 15.0 Å². The molecule has 0 unspecified atom stereocenters. The summed E-state index contributed by atoms with van der Waals surface area (Å²) in [4.78, 5) is 0. The number of methoxy groups -OCH3 is 1. The van der Waals surface area contributed by atoms with E-state index in [1.807, 2.05) is 24.3 Å². The second-order valence-corrected chi connectivity index (χ2v) is 3.21. The maximum Gasteiger partial charge on any atom is 0.119 e. The fraction of sp³-hybridized carbons (Fsp3) is 0.167. The SMILES string of the molecule is C#CCn1nncc1-c1cccc(OC)c1. The van der Waals surface area contributed by atoms with Crippen LogP contribution in [0, 0.1) is 12.3 Å². The molecule has 0 saturated carbocycles. The third kappa shape index (κ3) is 1.89. The highest BCUT2D eigenvalue weighted by Crippen LogP contribution is 2.22. The summed E-state index contributed by atoms with van der Waals surface area (Å²) < 4.78 is 6.84. The summed E-state index contributed by atoms with van der Waals surface area (Å²) >= 11 is 0. The molecule has 1 aromatic heterocycles. The Balaban J connectivity index is 2.42. The molecule has 0 amide bonds. The summed E-state index contributed by atoms with van der Waals surface area (Å²) in [7, 11) is 1.64. The van der Waals surface area contributed by atoms with E-state index >= 15 is 0 Å². The van der Waals surface area contributed by atoms with Gasteiger partial charge in [0.25, 0.3) is 0 Å². The number of rotatable bonds is 3. The highest BCUT2D eigenvalue weighted by Gasteiger charge is 2.06. The summed E-state index contributed by atoms with van der Waals surface area (Å²) in [5, 5.41) is 7.77. The number of hydrogen-bond acceptors (Lipinski definition) is 3. The minimum atomic E-state index is 0.409. The normalized spacial score (nSPS) is 9.75. The second-order valence-electron chi connectivity index (χ2n) is 3.21. The average Bonchev–Trinajstić information content (AvgIpc) is 2.78. The standard InChI is InChI=1S/C12H11N3O/c1-3-7-15-12(9-13-14-15)10-5-4-6-11(8-10)16-2/h1,4-6,8-9H,7H2,2H3. The van der Waals surface area contributed by atoms with Crippen molar-refractivity contribution in [3.8, 4) is 29.4 Å². The highest BCUT2D eigenvalue weighted by molar-refractivity contribution is 5.60. The molecule has 2 rings (SSSR count). The monoisotopic (exact) mass is 213 g/mol. The summed E-state index contributed by atoms with van der Waals surface area (Å²) in [5.41, 5.74) is 1.87. The molecular formula is C12H11N3O. The Morgan fingerprint density at radius 3 is 3.12 bits per heavy atom. The number of aromatic nitrogens is 3. The van der Waals surface area contributed by atoms with Crippen molar-refractivity contribution < 1.29 is 4.74 Å². The van der Waals surface area contributed by atoms with Crippen molar-refractivity contribution in [2.45, 2.75) is 6.54 Å². The first kappa shape index (κ1) is 10.2. The average molecular weight is 213 g/mol. The second kappa shape index (κ2) is 4.49. The molecule has 4 nitrogen and oxygen atoms in total. The predicted octanol–water partition coefficient (Wildman–Crippen LogP) is 1.59. The lowest BCUT2D eigenvalue weighted by Gasteiger charge is -2.04. The van der Waals surface area contributed by atoms with Gasteiger partial charge < -0.3 is 4.74 Å². The molecule has 2 aromatic rings. The predicted molar refractivity (Wildman–Crippen MR) is 60.8 cm³/mol. The van der Waals surface area contributed by atoms with Gasteiger partial charge in [0.05, 0.1) is 19.0 Å². The summed E-state index contributed by atoms with van der Waals surface area (Å²) in [6, 6.07) is 7.69. The van der Waals surface area contributed by atoms with Gasteiger partial charge in [0.15, 0.2) is 0 Å². The Labute approximate surface area is 93.9 Å². The molecule has 4 heteroatoms. The Morgan fingerprint density at radius 2 is 2.38 bits per heavy atom. The molecule has 1 aromatic carbocycles. The molecule has 0 atom stereocenters. The summed E-state index contributed by atoms with van der Waals surface area (Å²) in [5.74, 6) is 3.34. The number of benzene rings is 1. The van der Waals surface area contributed by atoms with Gasteiger partial charge in [0, 0.05) is 5.56 Å². The molecule has 0 N–H and O–H groups in total. The van der Waals surface area contributed by atoms with Crippen molar-refractivity contribution >= 4 is 0 Å². The largest absolute Gasteiger partial charge is 0.497 e. The topological polar surface area (TPSA) is 39.9 Å². The van der Waals surface area contributed by atoms with Crippen molar-refractivity contribution in [2.75, 3.05) is 7.11 Å². The van der Waals surface area contributed by atoms with Crippen LogP contribution in [0.3, 0.4) is 0 Å². The van der Waals surface area contributed by atoms with Crippen LogP contribution in [0.15, 0.2) is 30.5 Å². The summed E-state index contributed by atoms with van der Waals surface area (Å²) in [6.45, 7) is 0.409. The molecule has 0 fully saturated rings. The highest BCUT2D eigenvalue weighted by atomic mass is 16.5. The van der Waals surface area contributed by atoms with E-state index in [0.29, 0.717) is 6.54 Å². The first-order valence-corrected chi connectivity index (χ1v) is 4.81. The van der Waals surface area contributed by atoms with E-state index in [1.165, 1.54) is 0 Å². The lowest BCUT2D eigenvalue weighted by molar-refractivity contribution is 0.415. The van der Waals surface area contributed by atoms with E-state index in [2.05, 4.69) is 16.2 Å². The van der Waals surface area contributed by atoms with E-state index in [-0.39, 0.29) is 0 Å². The summed E-state index contributed by atoms with van der Waals surface area (Å²) in [6.07, 6.45) is 6.95. The smallest absolute Gasteiger partial charge is 0.119 e. The Hall–Kier alpha value is -2.28. The molecular weight excluding hydrogens is 202 g/mol. The van der Waals surface area contributed by atoms with Crippen LogP contribution >= 0.6 is 0 Å². The zero-order valence-corrected chi connectivity index (χ0v) is 8.92. The molecule has 0 bridgehead atoms. The van der Waals surface area contributed by atoms with Crippen LogP contribution in [0.5, 0.6) is 5.75 Å². The van der Waals surface area contributed by atoms with Gasteiger partial charge in [-0.25, -0.2) is 4.68 Å². The lowest BCUT2D eigenvalue weighted by Crippen LogP contribution is -2.00. The third-order valence-electron chi connectivity index (χ3n) is 2.22. The van der Waals surface area contributed by atoms with E-state index in [9.17, 15) is 0 Å². The van der Waals surface area contributed by atoms with Crippen LogP contribution in [0.2, 0.25) is 0 Å². The van der Waals surface area contributed by atoms with E-state index in [0.717, 1.165) is 17.0 Å². The minimum absolute atomic E-state index is 0.409. The van der Waals surface area contributed by atoms with Gasteiger partial charge in [-0.1, -0.05) is 23.3 Å². The van der Waals surface area contributed by atoms with Gasteiger partial charge in [0.2, 0.25) is 0 Å². The molecule has 16 heavy (non-hydrogen) atoms. The van der Waals surface area contributed by atoms with Gasteiger partial charge in [-0.2, -0.15) is 0 Å². The van der Waals surface area contributed by atoms with Gasteiger partial charge in [-0.3, -0.25) is 0 Å². The van der Waals surface area contributed by atoms with E-state index in [4.69, 9.17) is 11.2 Å². The Kier molecular flexibility index (Phi) is 2.88. The number of terminal acetylenes is 1. The molecule has 0 aliphatic rings. The lowest BCUT2D eigenvalue weighted by atomic mass is 10.1. The Bertz CT molecular complexity index is 525. The quantitative estimate of drug-likeness (QED) is 0.727. The zero-order chi connectivity index (χ0) is 11.4. The maximum absolute atomic E-state index is 5.26. The molecule has 80 valence electrons. The maximum atomic E-state index is 5.26. The van der Waals surface area contributed by atoms with Crippen LogP contribution < -0.4 is 4.74 Å². The van der Waals surface area contributed by atoms with Gasteiger partial charge in [-0.15, -0.1) is 11.5 Å².